The number of likely N-dealkylation sites (N-methyl/N-ethyl adjacent to an activating group) is 1. The highest BCUT2D eigenvalue weighted by atomic mass is 16.5. The summed E-state index contributed by atoms with van der Waals surface area (Å²) >= 11 is 0. The van der Waals surface area contributed by atoms with Crippen LogP contribution in [0.3, 0.4) is 0 Å². The van der Waals surface area contributed by atoms with Crippen molar-refractivity contribution < 1.29 is 24.0 Å². The molecule has 28 heavy (non-hydrogen) atoms. The van der Waals surface area contributed by atoms with Crippen molar-refractivity contribution in [1.29, 1.82) is 0 Å². The predicted molar refractivity (Wildman–Crippen MR) is 108 cm³/mol. The SMILES string of the molecule is COc1ccc(C[NH+](C)CC(=O)NC(=O)Nc2ccc(C)cc2C)c(OC)c1. The summed E-state index contributed by atoms with van der Waals surface area (Å²) in [5.41, 5.74) is 3.68. The fourth-order valence-electron chi connectivity index (χ4n) is 2.94. The van der Waals surface area contributed by atoms with Crippen molar-refractivity contribution in [3.8, 4) is 11.5 Å². The summed E-state index contributed by atoms with van der Waals surface area (Å²) in [5, 5.41) is 5.08. The van der Waals surface area contributed by atoms with E-state index >= 15 is 0 Å². The number of carbonyl (C=O) groups excluding carboxylic acids is 2. The van der Waals surface area contributed by atoms with Crippen LogP contribution in [0.5, 0.6) is 11.5 Å². The van der Waals surface area contributed by atoms with Crippen LogP contribution in [0.2, 0.25) is 0 Å². The van der Waals surface area contributed by atoms with Gasteiger partial charge in [-0.05, 0) is 37.6 Å². The highest BCUT2D eigenvalue weighted by molar-refractivity contribution is 6.01. The van der Waals surface area contributed by atoms with Gasteiger partial charge >= 0.3 is 6.03 Å². The minimum absolute atomic E-state index is 0.148. The topological polar surface area (TPSA) is 81.1 Å². The molecule has 2 aromatic rings. The zero-order valence-electron chi connectivity index (χ0n) is 17.0. The summed E-state index contributed by atoms with van der Waals surface area (Å²) in [6.45, 7) is 4.61. The number of aryl methyl sites for hydroxylation is 2. The van der Waals surface area contributed by atoms with E-state index in [0.717, 1.165) is 21.6 Å². The van der Waals surface area contributed by atoms with E-state index in [2.05, 4.69) is 10.6 Å². The minimum Gasteiger partial charge on any atom is -0.497 e. The van der Waals surface area contributed by atoms with E-state index in [1.165, 1.54) is 0 Å². The number of benzene rings is 2. The summed E-state index contributed by atoms with van der Waals surface area (Å²) in [5.74, 6) is 1.05. The average molecular weight is 386 g/mol. The molecule has 3 N–H and O–H groups in total. The molecular formula is C21H28N3O4+. The number of methoxy groups -OCH3 is 2. The molecule has 0 radical (unpaired) electrons. The first-order valence-corrected chi connectivity index (χ1v) is 9.02. The van der Waals surface area contributed by atoms with Crippen LogP contribution >= 0.6 is 0 Å². The lowest BCUT2D eigenvalue weighted by atomic mass is 10.1. The summed E-state index contributed by atoms with van der Waals surface area (Å²) in [7, 11) is 5.07. The molecule has 0 bridgehead atoms. The van der Waals surface area contributed by atoms with Gasteiger partial charge in [0.25, 0.3) is 5.91 Å². The van der Waals surface area contributed by atoms with E-state index in [-0.39, 0.29) is 12.5 Å². The van der Waals surface area contributed by atoms with Gasteiger partial charge in [0.15, 0.2) is 6.54 Å². The first-order valence-electron chi connectivity index (χ1n) is 9.02. The molecule has 2 aromatic carbocycles. The summed E-state index contributed by atoms with van der Waals surface area (Å²) < 4.78 is 10.6. The molecule has 0 aliphatic carbocycles. The maximum absolute atomic E-state index is 12.2. The number of hydrogen-bond acceptors (Lipinski definition) is 4. The monoisotopic (exact) mass is 386 g/mol. The van der Waals surface area contributed by atoms with E-state index in [1.54, 1.807) is 20.3 Å². The van der Waals surface area contributed by atoms with Crippen molar-refractivity contribution in [3.63, 3.8) is 0 Å². The van der Waals surface area contributed by atoms with Crippen LogP contribution in [0.15, 0.2) is 36.4 Å². The highest BCUT2D eigenvalue weighted by Gasteiger charge is 2.16. The zero-order valence-corrected chi connectivity index (χ0v) is 17.0. The Labute approximate surface area is 165 Å². The van der Waals surface area contributed by atoms with Crippen LogP contribution in [0.4, 0.5) is 10.5 Å². The standard InChI is InChI=1S/C21H27N3O4/c1-14-6-9-18(15(2)10-14)22-21(26)23-20(25)13-24(3)12-16-7-8-17(27-4)11-19(16)28-5/h6-11H,12-13H2,1-5H3,(H2,22,23,25,26)/p+1. The van der Waals surface area contributed by atoms with Crippen LogP contribution < -0.4 is 25.0 Å². The van der Waals surface area contributed by atoms with E-state index in [1.807, 2.05) is 51.2 Å². The molecule has 7 nitrogen and oxygen atoms in total. The summed E-state index contributed by atoms with van der Waals surface area (Å²) in [6.07, 6.45) is 0. The van der Waals surface area contributed by atoms with Gasteiger partial charge in [-0.15, -0.1) is 0 Å². The molecular weight excluding hydrogens is 358 g/mol. The maximum atomic E-state index is 12.2. The third kappa shape index (κ3) is 5.99. The Morgan fingerprint density at radius 1 is 1.04 bits per heavy atom. The average Bonchev–Trinajstić information content (AvgIpc) is 2.64. The van der Waals surface area contributed by atoms with Gasteiger partial charge in [0.05, 0.1) is 21.3 Å². The Hall–Kier alpha value is -3.06. The second kappa shape index (κ2) is 9.75. The molecule has 0 saturated carbocycles. The van der Waals surface area contributed by atoms with E-state index < -0.39 is 6.03 Å². The van der Waals surface area contributed by atoms with E-state index in [0.29, 0.717) is 23.7 Å². The number of imide groups is 1. The van der Waals surface area contributed by atoms with E-state index in [9.17, 15) is 9.59 Å². The number of ether oxygens (including phenoxy) is 2. The smallest absolute Gasteiger partial charge is 0.326 e. The molecule has 0 spiro atoms. The number of nitrogens with one attached hydrogen (secondary N) is 3. The Kier molecular flexibility index (Phi) is 7.40. The maximum Gasteiger partial charge on any atom is 0.326 e. The normalized spacial score (nSPS) is 11.5. The molecule has 0 heterocycles. The number of amides is 3. The molecule has 7 heteroatoms. The number of anilines is 1. The largest absolute Gasteiger partial charge is 0.497 e. The van der Waals surface area contributed by atoms with Crippen molar-refractivity contribution in [1.82, 2.24) is 5.32 Å². The van der Waals surface area contributed by atoms with Crippen LogP contribution in [-0.2, 0) is 11.3 Å². The van der Waals surface area contributed by atoms with Crippen molar-refractivity contribution in [3.05, 3.63) is 53.1 Å². The quantitative estimate of drug-likeness (QED) is 0.676. The number of carbonyl (C=O) groups is 2. The molecule has 1 unspecified atom stereocenters. The number of quaternary nitrogens is 1. The lowest BCUT2D eigenvalue weighted by Gasteiger charge is -2.16. The van der Waals surface area contributed by atoms with Gasteiger partial charge in [-0.3, -0.25) is 10.1 Å². The minimum atomic E-state index is -0.535. The highest BCUT2D eigenvalue weighted by Crippen LogP contribution is 2.23. The van der Waals surface area contributed by atoms with E-state index in [4.69, 9.17) is 9.47 Å². The molecule has 1 atom stereocenters. The van der Waals surface area contributed by atoms with Crippen LogP contribution in [0.1, 0.15) is 16.7 Å². The van der Waals surface area contributed by atoms with Gasteiger partial charge in [0.2, 0.25) is 0 Å². The Morgan fingerprint density at radius 3 is 2.43 bits per heavy atom. The Balaban J connectivity index is 1.89. The van der Waals surface area contributed by atoms with Gasteiger partial charge in [-0.25, -0.2) is 4.79 Å². The van der Waals surface area contributed by atoms with Gasteiger partial charge in [0.1, 0.15) is 18.0 Å². The van der Waals surface area contributed by atoms with Crippen LogP contribution in [0, 0.1) is 13.8 Å². The third-order valence-electron chi connectivity index (χ3n) is 4.33. The van der Waals surface area contributed by atoms with Crippen molar-refractivity contribution in [2.24, 2.45) is 0 Å². The third-order valence-corrected chi connectivity index (χ3v) is 4.33. The first kappa shape index (κ1) is 21.2. The second-order valence-corrected chi connectivity index (χ2v) is 6.81. The molecule has 0 aliphatic heterocycles. The fraction of sp³-hybridized carbons (Fsp3) is 0.333. The molecule has 3 amide bonds. The molecule has 0 aliphatic rings. The Bertz CT molecular complexity index is 852. The van der Waals surface area contributed by atoms with Gasteiger partial charge in [-0.2, -0.15) is 0 Å². The first-order chi connectivity index (χ1) is 13.3. The van der Waals surface area contributed by atoms with Gasteiger partial charge in [-0.1, -0.05) is 17.7 Å². The summed E-state index contributed by atoms with van der Waals surface area (Å²) in [6, 6.07) is 10.7. The van der Waals surface area contributed by atoms with Crippen molar-refractivity contribution in [2.45, 2.75) is 20.4 Å². The molecule has 0 saturated heterocycles. The predicted octanol–water partition coefficient (Wildman–Crippen LogP) is 1.68. The molecule has 150 valence electrons. The number of hydrogen-bond donors (Lipinski definition) is 3. The van der Waals surface area contributed by atoms with Crippen molar-refractivity contribution >= 4 is 17.6 Å². The molecule has 2 rings (SSSR count). The lowest BCUT2D eigenvalue weighted by Crippen LogP contribution is -3.09. The number of rotatable bonds is 7. The van der Waals surface area contributed by atoms with Crippen molar-refractivity contribution in [2.75, 3.05) is 33.1 Å². The van der Waals surface area contributed by atoms with Gasteiger partial charge < -0.3 is 19.7 Å². The fourth-order valence-corrected chi connectivity index (χ4v) is 2.94. The van der Waals surface area contributed by atoms with Crippen LogP contribution in [0.25, 0.3) is 0 Å². The zero-order chi connectivity index (χ0) is 20.7. The Morgan fingerprint density at radius 2 is 1.79 bits per heavy atom. The summed E-state index contributed by atoms with van der Waals surface area (Å²) in [4.78, 5) is 25.2. The van der Waals surface area contributed by atoms with Crippen LogP contribution in [-0.4, -0.2) is 39.8 Å². The van der Waals surface area contributed by atoms with Gasteiger partial charge in [0, 0.05) is 17.3 Å². The molecule has 0 fully saturated rings. The molecule has 0 aromatic heterocycles. The lowest BCUT2D eigenvalue weighted by molar-refractivity contribution is -0.885. The number of urea groups is 1. The second-order valence-electron chi connectivity index (χ2n) is 6.81.